The Morgan fingerprint density at radius 1 is 0.974 bits per heavy atom. The summed E-state index contributed by atoms with van der Waals surface area (Å²) in [5.74, 6) is -2.26. The predicted molar refractivity (Wildman–Crippen MR) is 144 cm³/mol. The van der Waals surface area contributed by atoms with Gasteiger partial charge < -0.3 is 10.1 Å². The van der Waals surface area contributed by atoms with Crippen molar-refractivity contribution in [3.05, 3.63) is 81.8 Å². The van der Waals surface area contributed by atoms with E-state index in [4.69, 9.17) is 4.74 Å². The Hall–Kier alpha value is -4.12. The highest BCUT2D eigenvalue weighted by Crippen LogP contribution is 2.27. The summed E-state index contributed by atoms with van der Waals surface area (Å²) in [6.07, 6.45) is 0.712. The second-order valence-corrected chi connectivity index (χ2v) is 9.81. The number of hydrogen-bond acceptors (Lipinski definition) is 7. The van der Waals surface area contributed by atoms with Gasteiger partial charge in [0.05, 0.1) is 22.5 Å². The minimum Gasteiger partial charge on any atom is -0.451 e. The summed E-state index contributed by atoms with van der Waals surface area (Å²) < 4.78 is 8.47. The molecule has 3 amide bonds. The lowest BCUT2D eigenvalue weighted by Gasteiger charge is -2.25. The Kier molecular flexibility index (Phi) is 7.86. The number of nitrogens with one attached hydrogen (secondary N) is 1. The van der Waals surface area contributed by atoms with Gasteiger partial charge in [-0.25, -0.2) is 9.48 Å². The molecule has 10 nitrogen and oxygen atoms in total. The first-order valence-corrected chi connectivity index (χ1v) is 13.4. The van der Waals surface area contributed by atoms with Gasteiger partial charge in [0.25, 0.3) is 23.3 Å². The number of benzene rings is 2. The predicted octanol–water partition coefficient (Wildman–Crippen LogP) is 2.77. The molecular formula is C27H28N4O6S. The van der Waals surface area contributed by atoms with Crippen LogP contribution in [0, 0.1) is 6.92 Å². The molecule has 0 bridgehead atoms. The van der Waals surface area contributed by atoms with Gasteiger partial charge in [-0.3, -0.25) is 28.8 Å². The van der Waals surface area contributed by atoms with Gasteiger partial charge in [-0.15, -0.1) is 0 Å². The van der Waals surface area contributed by atoms with Gasteiger partial charge in [-0.05, 0) is 56.5 Å². The number of carbonyl (C=O) groups excluding carboxylic acids is 4. The Morgan fingerprint density at radius 3 is 2.13 bits per heavy atom. The molecule has 2 atom stereocenters. The molecule has 0 radical (unpaired) electrons. The fraction of sp³-hybridized carbons (Fsp3) is 0.296. The number of imide groups is 1. The van der Waals surface area contributed by atoms with Gasteiger partial charge in [0.15, 0.2) is 6.10 Å². The number of esters is 1. The molecule has 0 saturated carbocycles. The third kappa shape index (κ3) is 4.89. The van der Waals surface area contributed by atoms with Crippen molar-refractivity contribution < 1.29 is 23.9 Å². The normalized spacial score (nSPS) is 14.3. The second kappa shape index (κ2) is 11.1. The molecule has 198 valence electrons. The number of amides is 3. The number of hydrogen-bond donors (Lipinski definition) is 1. The summed E-state index contributed by atoms with van der Waals surface area (Å²) in [5.41, 5.74) is 1.20. The lowest BCUT2D eigenvalue weighted by molar-refractivity contribution is -0.157. The highest BCUT2D eigenvalue weighted by Gasteiger charge is 2.43. The quantitative estimate of drug-likeness (QED) is 0.330. The maximum absolute atomic E-state index is 13.2. The van der Waals surface area contributed by atoms with Gasteiger partial charge >= 0.3 is 5.97 Å². The van der Waals surface area contributed by atoms with Gasteiger partial charge in [0.2, 0.25) is 0 Å². The number of fused-ring (bicyclic) bond motifs is 1. The van der Waals surface area contributed by atoms with Crippen LogP contribution in [0.4, 0.5) is 5.69 Å². The van der Waals surface area contributed by atoms with Crippen LogP contribution < -0.4 is 10.9 Å². The molecule has 0 unspecified atom stereocenters. The first kappa shape index (κ1) is 26.9. The molecule has 1 N–H and O–H groups in total. The number of aromatic nitrogens is 2. The molecule has 0 fully saturated rings. The summed E-state index contributed by atoms with van der Waals surface area (Å²) in [4.78, 5) is 66.1. The molecule has 2 heterocycles. The average Bonchev–Trinajstić information content (AvgIpc) is 3.29. The molecule has 1 aliphatic rings. The van der Waals surface area contributed by atoms with Crippen LogP contribution in [0.15, 0.2) is 59.4 Å². The van der Waals surface area contributed by atoms with E-state index in [1.165, 1.54) is 35.5 Å². The molecule has 0 aliphatic carbocycles. The molecule has 1 aliphatic heterocycles. The fourth-order valence-electron chi connectivity index (χ4n) is 4.32. The van der Waals surface area contributed by atoms with Crippen molar-refractivity contribution in [1.29, 1.82) is 0 Å². The van der Waals surface area contributed by atoms with E-state index in [1.54, 1.807) is 55.1 Å². The van der Waals surface area contributed by atoms with Crippen LogP contribution in [0.5, 0.6) is 0 Å². The number of carbonyl (C=O) groups is 4. The van der Waals surface area contributed by atoms with E-state index >= 15 is 0 Å². The summed E-state index contributed by atoms with van der Waals surface area (Å²) >= 11 is 1.45. The Bertz CT molecular complexity index is 1430. The van der Waals surface area contributed by atoms with Crippen molar-refractivity contribution in [3.63, 3.8) is 0 Å². The first-order valence-electron chi connectivity index (χ1n) is 12.0. The standard InChI is InChI=1S/C27H28N4O6S/c1-16-22(26(35)31(29(16)3)18-10-6-5-7-11-18)28-23(32)17(2)37-27(36)21(14-15-38-4)30-24(33)19-12-8-9-13-20(19)25(30)34/h5-13,17,21H,14-15H2,1-4H3,(H,28,32)/t17-,21+/m0/s1. The zero-order valence-corrected chi connectivity index (χ0v) is 22.3. The lowest BCUT2D eigenvalue weighted by atomic mass is 10.1. The molecule has 11 heteroatoms. The summed E-state index contributed by atoms with van der Waals surface area (Å²) in [6.45, 7) is 3.06. The summed E-state index contributed by atoms with van der Waals surface area (Å²) in [6, 6.07) is 14.1. The van der Waals surface area contributed by atoms with Crippen molar-refractivity contribution >= 4 is 41.1 Å². The van der Waals surface area contributed by atoms with Crippen molar-refractivity contribution in [2.24, 2.45) is 7.05 Å². The van der Waals surface area contributed by atoms with Crippen LogP contribution in [0.3, 0.4) is 0 Å². The van der Waals surface area contributed by atoms with E-state index in [1.807, 2.05) is 12.3 Å². The van der Waals surface area contributed by atoms with Gasteiger partial charge in [0.1, 0.15) is 11.7 Å². The van der Waals surface area contributed by atoms with E-state index in [0.717, 1.165) is 4.90 Å². The average molecular weight is 537 g/mol. The van der Waals surface area contributed by atoms with Crippen molar-refractivity contribution in [1.82, 2.24) is 14.3 Å². The molecule has 1 aromatic heterocycles. The van der Waals surface area contributed by atoms with Crippen LogP contribution >= 0.6 is 11.8 Å². The third-order valence-electron chi connectivity index (χ3n) is 6.47. The zero-order chi connectivity index (χ0) is 27.6. The van der Waals surface area contributed by atoms with Crippen molar-refractivity contribution in [2.45, 2.75) is 32.4 Å². The largest absolute Gasteiger partial charge is 0.451 e. The highest BCUT2D eigenvalue weighted by molar-refractivity contribution is 7.98. The number of ether oxygens (including phenoxy) is 1. The van der Waals surface area contributed by atoms with Gasteiger partial charge in [-0.1, -0.05) is 30.3 Å². The lowest BCUT2D eigenvalue weighted by Crippen LogP contribution is -2.47. The number of rotatable bonds is 9. The topological polar surface area (TPSA) is 120 Å². The molecule has 38 heavy (non-hydrogen) atoms. The number of anilines is 1. The monoisotopic (exact) mass is 536 g/mol. The Labute approximate surface area is 223 Å². The number of thioether (sulfide) groups is 1. The van der Waals surface area contributed by atoms with E-state index in [-0.39, 0.29) is 23.2 Å². The van der Waals surface area contributed by atoms with E-state index in [2.05, 4.69) is 5.32 Å². The Balaban J connectivity index is 1.52. The second-order valence-electron chi connectivity index (χ2n) is 8.83. The van der Waals surface area contributed by atoms with Crippen molar-refractivity contribution in [2.75, 3.05) is 17.3 Å². The van der Waals surface area contributed by atoms with Crippen LogP contribution in [0.2, 0.25) is 0 Å². The molecule has 3 aromatic rings. The fourth-order valence-corrected chi connectivity index (χ4v) is 4.78. The smallest absolute Gasteiger partial charge is 0.330 e. The first-order chi connectivity index (χ1) is 18.2. The highest BCUT2D eigenvalue weighted by atomic mass is 32.2. The Morgan fingerprint density at radius 2 is 1.55 bits per heavy atom. The number of para-hydroxylation sites is 1. The van der Waals surface area contributed by atoms with Gasteiger partial charge in [-0.2, -0.15) is 11.8 Å². The van der Waals surface area contributed by atoms with Crippen LogP contribution in [-0.2, 0) is 21.4 Å². The minimum atomic E-state index is -1.29. The van der Waals surface area contributed by atoms with Crippen LogP contribution in [0.25, 0.3) is 5.69 Å². The molecule has 4 rings (SSSR count). The summed E-state index contributed by atoms with van der Waals surface area (Å²) in [5, 5.41) is 2.58. The molecular weight excluding hydrogens is 508 g/mol. The minimum absolute atomic E-state index is 0.0588. The van der Waals surface area contributed by atoms with Gasteiger partial charge in [0, 0.05) is 7.05 Å². The SMILES string of the molecule is CSCC[C@H](C(=O)O[C@@H](C)C(=O)Nc1c(C)n(C)n(-c2ccccc2)c1=O)N1C(=O)c2ccccc2C1=O. The van der Waals surface area contributed by atoms with Crippen molar-refractivity contribution in [3.8, 4) is 5.69 Å². The zero-order valence-electron chi connectivity index (χ0n) is 21.5. The molecule has 0 spiro atoms. The molecule has 0 saturated heterocycles. The number of nitrogens with zero attached hydrogens (tertiary/aromatic N) is 3. The molecule has 2 aromatic carbocycles. The maximum atomic E-state index is 13.2. The maximum Gasteiger partial charge on any atom is 0.330 e. The summed E-state index contributed by atoms with van der Waals surface area (Å²) in [7, 11) is 1.70. The van der Waals surface area contributed by atoms with Crippen LogP contribution in [0.1, 0.15) is 39.8 Å². The van der Waals surface area contributed by atoms with Crippen LogP contribution in [-0.4, -0.2) is 62.1 Å². The van der Waals surface area contributed by atoms with E-state index in [9.17, 15) is 24.0 Å². The third-order valence-corrected chi connectivity index (χ3v) is 7.11. The van der Waals surface area contributed by atoms with E-state index in [0.29, 0.717) is 17.1 Å². The van der Waals surface area contributed by atoms with E-state index < -0.39 is 41.4 Å².